The Morgan fingerprint density at radius 1 is 1.56 bits per heavy atom. The highest BCUT2D eigenvalue weighted by atomic mass is 16.3. The summed E-state index contributed by atoms with van der Waals surface area (Å²) >= 11 is 0. The summed E-state index contributed by atoms with van der Waals surface area (Å²) in [7, 11) is 0. The molecule has 0 fully saturated rings. The second-order valence-electron chi connectivity index (χ2n) is 4.93. The summed E-state index contributed by atoms with van der Waals surface area (Å²) in [6, 6.07) is 7.48. The van der Waals surface area contributed by atoms with Gasteiger partial charge in [0.1, 0.15) is 11.6 Å². The Bertz CT molecular complexity index is 421. The summed E-state index contributed by atoms with van der Waals surface area (Å²) in [6.07, 6.45) is 0.642. The van der Waals surface area contributed by atoms with E-state index in [4.69, 9.17) is 5.11 Å². The highest BCUT2D eigenvalue weighted by Gasteiger charge is 2.28. The van der Waals surface area contributed by atoms with Gasteiger partial charge in [0, 0.05) is 18.7 Å². The molecule has 0 aliphatic carbocycles. The molecule has 1 aromatic carbocycles. The minimum Gasteiger partial charge on any atom is -0.393 e. The molecular weight excluding hydrogens is 232 g/mol. The maximum absolute atomic E-state index is 11.9. The van der Waals surface area contributed by atoms with Crippen LogP contribution < -0.4 is 10.6 Å². The lowest BCUT2D eigenvalue weighted by molar-refractivity contribution is -0.123. The van der Waals surface area contributed by atoms with Crippen molar-refractivity contribution in [3.05, 3.63) is 29.8 Å². The number of para-hydroxylation sites is 1. The second-order valence-corrected chi connectivity index (χ2v) is 4.93. The van der Waals surface area contributed by atoms with Crippen LogP contribution in [0.2, 0.25) is 0 Å². The lowest BCUT2D eigenvalue weighted by atomic mass is 10.1. The van der Waals surface area contributed by atoms with Crippen LogP contribution in [0.3, 0.4) is 0 Å². The fraction of sp³-hybridized carbons (Fsp3) is 0.462. The quantitative estimate of drug-likeness (QED) is 0.600. The number of aliphatic hydroxyl groups excluding tert-OH is 1. The molecule has 98 valence electrons. The zero-order valence-electron chi connectivity index (χ0n) is 10.3. The van der Waals surface area contributed by atoms with Gasteiger partial charge in [0.25, 0.3) is 0 Å². The fourth-order valence-electron chi connectivity index (χ4n) is 1.91. The summed E-state index contributed by atoms with van der Waals surface area (Å²) in [5.41, 5.74) is 0.819. The first-order valence-corrected chi connectivity index (χ1v) is 5.97. The number of aliphatic hydroxyl groups is 2. The van der Waals surface area contributed by atoms with Crippen molar-refractivity contribution >= 4 is 11.6 Å². The van der Waals surface area contributed by atoms with Crippen molar-refractivity contribution in [1.82, 2.24) is 5.32 Å². The molecule has 0 bridgehead atoms. The molecule has 0 aromatic heterocycles. The maximum Gasteiger partial charge on any atom is 0.242 e. The number of hydrogen-bond acceptors (Lipinski definition) is 4. The van der Waals surface area contributed by atoms with Crippen LogP contribution in [0, 0.1) is 0 Å². The van der Waals surface area contributed by atoms with Crippen molar-refractivity contribution in [2.45, 2.75) is 25.0 Å². The molecule has 5 nitrogen and oxygen atoms in total. The fourth-order valence-corrected chi connectivity index (χ4v) is 1.91. The van der Waals surface area contributed by atoms with E-state index in [1.165, 1.54) is 6.92 Å². The monoisotopic (exact) mass is 250 g/mol. The van der Waals surface area contributed by atoms with E-state index >= 15 is 0 Å². The summed E-state index contributed by atoms with van der Waals surface area (Å²) in [5, 5.41) is 24.3. The molecule has 0 saturated heterocycles. The van der Waals surface area contributed by atoms with Gasteiger partial charge in [0.05, 0.1) is 6.61 Å². The number of nitrogens with one attached hydrogen (secondary N) is 2. The summed E-state index contributed by atoms with van der Waals surface area (Å²) < 4.78 is 0. The van der Waals surface area contributed by atoms with E-state index in [0.717, 1.165) is 11.3 Å². The molecule has 1 aliphatic rings. The van der Waals surface area contributed by atoms with Gasteiger partial charge in [-0.1, -0.05) is 18.2 Å². The van der Waals surface area contributed by atoms with Crippen LogP contribution in [0.5, 0.6) is 0 Å². The Kier molecular flexibility index (Phi) is 3.54. The molecule has 4 N–H and O–H groups in total. The molecule has 1 heterocycles. The SMILES string of the molecule is CC(O)(CO)CNC(=O)C1Cc2ccccc2N1. The number of hydrogen-bond donors (Lipinski definition) is 4. The molecule has 0 saturated carbocycles. The van der Waals surface area contributed by atoms with E-state index in [0.29, 0.717) is 6.42 Å². The smallest absolute Gasteiger partial charge is 0.242 e. The molecule has 5 heteroatoms. The van der Waals surface area contributed by atoms with Crippen LogP contribution in [0.1, 0.15) is 12.5 Å². The van der Waals surface area contributed by atoms with Crippen LogP contribution in [0.4, 0.5) is 5.69 Å². The average Bonchev–Trinajstić information content (AvgIpc) is 2.80. The van der Waals surface area contributed by atoms with Gasteiger partial charge < -0.3 is 20.8 Å². The summed E-state index contributed by atoms with van der Waals surface area (Å²) in [5.74, 6) is -0.167. The molecule has 2 atom stereocenters. The Morgan fingerprint density at radius 3 is 2.94 bits per heavy atom. The lowest BCUT2D eigenvalue weighted by Crippen LogP contribution is -2.47. The van der Waals surface area contributed by atoms with Gasteiger partial charge in [0.2, 0.25) is 5.91 Å². The number of rotatable bonds is 4. The van der Waals surface area contributed by atoms with Crippen molar-refractivity contribution in [1.29, 1.82) is 0 Å². The number of benzene rings is 1. The van der Waals surface area contributed by atoms with Crippen LogP contribution in [-0.2, 0) is 11.2 Å². The Labute approximate surface area is 106 Å². The lowest BCUT2D eigenvalue weighted by Gasteiger charge is -2.22. The first-order chi connectivity index (χ1) is 8.52. The largest absolute Gasteiger partial charge is 0.393 e. The molecule has 0 radical (unpaired) electrons. The predicted octanol–water partition coefficient (Wildman–Crippen LogP) is -0.117. The van der Waals surface area contributed by atoms with Crippen molar-refractivity contribution in [2.75, 3.05) is 18.5 Å². The number of anilines is 1. The molecular formula is C13H18N2O3. The number of amides is 1. The minimum absolute atomic E-state index is 0.0386. The minimum atomic E-state index is -1.28. The normalized spacial score (nSPS) is 20.7. The third-order valence-electron chi connectivity index (χ3n) is 3.07. The maximum atomic E-state index is 11.9. The van der Waals surface area contributed by atoms with Gasteiger partial charge in [0.15, 0.2) is 0 Å². The Hall–Kier alpha value is -1.59. The van der Waals surface area contributed by atoms with Crippen molar-refractivity contribution in [3.63, 3.8) is 0 Å². The molecule has 1 aliphatic heterocycles. The highest BCUT2D eigenvalue weighted by molar-refractivity contribution is 5.87. The topological polar surface area (TPSA) is 81.6 Å². The molecule has 18 heavy (non-hydrogen) atoms. The van der Waals surface area contributed by atoms with E-state index in [1.54, 1.807) is 0 Å². The van der Waals surface area contributed by atoms with E-state index in [9.17, 15) is 9.90 Å². The molecule has 2 unspecified atom stereocenters. The summed E-state index contributed by atoms with van der Waals surface area (Å²) in [6.45, 7) is 1.13. The van der Waals surface area contributed by atoms with Crippen molar-refractivity contribution in [2.24, 2.45) is 0 Å². The zero-order chi connectivity index (χ0) is 13.2. The van der Waals surface area contributed by atoms with E-state index in [2.05, 4.69) is 10.6 Å². The van der Waals surface area contributed by atoms with Crippen LogP contribution >= 0.6 is 0 Å². The van der Waals surface area contributed by atoms with Gasteiger partial charge in [-0.3, -0.25) is 4.79 Å². The average molecular weight is 250 g/mol. The van der Waals surface area contributed by atoms with E-state index in [-0.39, 0.29) is 25.1 Å². The standard InChI is InChI=1S/C13H18N2O3/c1-13(18,8-16)7-14-12(17)11-6-9-4-2-3-5-10(9)15-11/h2-5,11,15-16,18H,6-8H2,1H3,(H,14,17). The van der Waals surface area contributed by atoms with Gasteiger partial charge in [-0.05, 0) is 18.6 Å². The molecule has 1 amide bonds. The van der Waals surface area contributed by atoms with Crippen LogP contribution in [0.25, 0.3) is 0 Å². The van der Waals surface area contributed by atoms with Gasteiger partial charge >= 0.3 is 0 Å². The van der Waals surface area contributed by atoms with Crippen LogP contribution in [0.15, 0.2) is 24.3 Å². The molecule has 0 spiro atoms. The zero-order valence-corrected chi connectivity index (χ0v) is 10.3. The third-order valence-corrected chi connectivity index (χ3v) is 3.07. The van der Waals surface area contributed by atoms with E-state index in [1.807, 2.05) is 24.3 Å². The van der Waals surface area contributed by atoms with Gasteiger partial charge in [-0.2, -0.15) is 0 Å². The molecule has 2 rings (SSSR count). The number of carbonyl (C=O) groups is 1. The Morgan fingerprint density at radius 2 is 2.28 bits per heavy atom. The first-order valence-electron chi connectivity index (χ1n) is 5.97. The first kappa shape index (κ1) is 12.9. The van der Waals surface area contributed by atoms with Crippen LogP contribution in [-0.4, -0.2) is 40.9 Å². The highest BCUT2D eigenvalue weighted by Crippen LogP contribution is 2.25. The summed E-state index contributed by atoms with van der Waals surface area (Å²) in [4.78, 5) is 11.9. The number of fused-ring (bicyclic) bond motifs is 1. The second kappa shape index (κ2) is 4.96. The van der Waals surface area contributed by atoms with Gasteiger partial charge in [-0.25, -0.2) is 0 Å². The Balaban J connectivity index is 1.90. The predicted molar refractivity (Wildman–Crippen MR) is 68.3 cm³/mol. The van der Waals surface area contributed by atoms with Crippen molar-refractivity contribution < 1.29 is 15.0 Å². The number of carbonyl (C=O) groups excluding carboxylic acids is 1. The third kappa shape index (κ3) is 2.80. The van der Waals surface area contributed by atoms with E-state index < -0.39 is 5.60 Å². The van der Waals surface area contributed by atoms with Crippen molar-refractivity contribution in [3.8, 4) is 0 Å². The van der Waals surface area contributed by atoms with Gasteiger partial charge in [-0.15, -0.1) is 0 Å². The molecule has 1 aromatic rings.